The normalized spacial score (nSPS) is 10.3. The van der Waals surface area contributed by atoms with Crippen LogP contribution in [0.2, 0.25) is 0 Å². The first-order chi connectivity index (χ1) is 5.79. The molecule has 0 fully saturated rings. The monoisotopic (exact) mass is 184 g/mol. The molecule has 0 aliphatic rings. The fourth-order valence-electron chi connectivity index (χ4n) is 0.670. The number of carbonyl (C=O) groups is 1. The highest BCUT2D eigenvalue weighted by molar-refractivity contribution is 7.10. The molecule has 1 aromatic heterocycles. The highest BCUT2D eigenvalue weighted by Crippen LogP contribution is 2.09. The second-order valence-electron chi connectivity index (χ2n) is 1.99. The van der Waals surface area contributed by atoms with Crippen molar-refractivity contribution in [3.63, 3.8) is 0 Å². The first kappa shape index (κ1) is 8.80. The molecule has 0 aliphatic carbocycles. The van der Waals surface area contributed by atoms with Crippen molar-refractivity contribution in [1.82, 2.24) is 0 Å². The van der Waals surface area contributed by atoms with Gasteiger partial charge in [0.1, 0.15) is 6.61 Å². The molecule has 0 unspecified atom stereocenters. The van der Waals surface area contributed by atoms with Crippen molar-refractivity contribution >= 4 is 23.6 Å². The van der Waals surface area contributed by atoms with Crippen LogP contribution in [-0.2, 0) is 4.74 Å². The van der Waals surface area contributed by atoms with E-state index >= 15 is 0 Å². The molecular formula is C8H8O3S. The Kier molecular flexibility index (Phi) is 3.35. The third-order valence-corrected chi connectivity index (χ3v) is 1.97. The molecule has 0 bridgehead atoms. The van der Waals surface area contributed by atoms with E-state index in [-0.39, 0.29) is 6.61 Å². The van der Waals surface area contributed by atoms with E-state index < -0.39 is 6.16 Å². The minimum Gasteiger partial charge on any atom is -0.450 e. The quantitative estimate of drug-likeness (QED) is 0.734. The van der Waals surface area contributed by atoms with Gasteiger partial charge in [-0.15, -0.1) is 11.3 Å². The zero-order valence-electron chi connectivity index (χ0n) is 6.27. The van der Waals surface area contributed by atoms with Gasteiger partial charge < -0.3 is 9.84 Å². The van der Waals surface area contributed by atoms with Gasteiger partial charge in [-0.3, -0.25) is 0 Å². The summed E-state index contributed by atoms with van der Waals surface area (Å²) in [7, 11) is 0. The Labute approximate surface area is 73.9 Å². The zero-order valence-corrected chi connectivity index (χ0v) is 7.08. The van der Waals surface area contributed by atoms with E-state index in [4.69, 9.17) is 5.11 Å². The molecule has 1 N–H and O–H groups in total. The molecular weight excluding hydrogens is 176 g/mol. The van der Waals surface area contributed by atoms with Crippen LogP contribution in [-0.4, -0.2) is 17.9 Å². The van der Waals surface area contributed by atoms with E-state index in [1.165, 1.54) is 0 Å². The summed E-state index contributed by atoms with van der Waals surface area (Å²) in [5.41, 5.74) is 0. The summed E-state index contributed by atoms with van der Waals surface area (Å²) in [6.45, 7) is 0.104. The summed E-state index contributed by atoms with van der Waals surface area (Å²) in [6, 6.07) is 3.88. The smallest absolute Gasteiger partial charge is 0.450 e. The average Bonchev–Trinajstić information content (AvgIpc) is 2.49. The molecule has 0 aromatic carbocycles. The Bertz CT molecular complexity index is 264. The molecule has 0 amide bonds. The van der Waals surface area contributed by atoms with Gasteiger partial charge in [-0.05, 0) is 23.6 Å². The Morgan fingerprint density at radius 1 is 1.75 bits per heavy atom. The van der Waals surface area contributed by atoms with Crippen molar-refractivity contribution < 1.29 is 14.6 Å². The highest BCUT2D eigenvalue weighted by atomic mass is 32.1. The van der Waals surface area contributed by atoms with Gasteiger partial charge in [-0.25, -0.2) is 4.79 Å². The topological polar surface area (TPSA) is 46.5 Å². The summed E-state index contributed by atoms with van der Waals surface area (Å²) in [4.78, 5) is 11.0. The molecule has 0 aliphatic heterocycles. The lowest BCUT2D eigenvalue weighted by molar-refractivity contribution is 0.102. The minimum atomic E-state index is -1.24. The van der Waals surface area contributed by atoms with E-state index in [2.05, 4.69) is 4.74 Å². The summed E-state index contributed by atoms with van der Waals surface area (Å²) in [6.07, 6.45) is 2.25. The van der Waals surface area contributed by atoms with Crippen LogP contribution in [0.3, 0.4) is 0 Å². The van der Waals surface area contributed by atoms with Crippen molar-refractivity contribution in [2.75, 3.05) is 6.61 Å². The van der Waals surface area contributed by atoms with Gasteiger partial charge in [-0.1, -0.05) is 6.07 Å². The SMILES string of the molecule is O=C(O)OCC=Cc1cccs1. The standard InChI is InChI=1S/C8H8O3S/c9-8(10)11-5-1-3-7-4-2-6-12-7/h1-4,6H,5H2,(H,9,10). The number of rotatable bonds is 3. The average molecular weight is 184 g/mol. The van der Waals surface area contributed by atoms with E-state index in [1.807, 2.05) is 23.6 Å². The van der Waals surface area contributed by atoms with Crippen LogP contribution in [0.1, 0.15) is 4.88 Å². The molecule has 0 saturated carbocycles. The van der Waals surface area contributed by atoms with Gasteiger partial charge in [-0.2, -0.15) is 0 Å². The van der Waals surface area contributed by atoms with Crippen LogP contribution in [0, 0.1) is 0 Å². The van der Waals surface area contributed by atoms with Crippen molar-refractivity contribution in [1.29, 1.82) is 0 Å². The largest absolute Gasteiger partial charge is 0.506 e. The maximum absolute atomic E-state index is 9.91. The molecule has 3 nitrogen and oxygen atoms in total. The van der Waals surface area contributed by atoms with Crippen molar-refractivity contribution in [3.05, 3.63) is 28.5 Å². The lowest BCUT2D eigenvalue weighted by atomic mass is 10.4. The maximum Gasteiger partial charge on any atom is 0.506 e. The van der Waals surface area contributed by atoms with Gasteiger partial charge in [0.25, 0.3) is 0 Å². The Balaban J connectivity index is 2.27. The van der Waals surface area contributed by atoms with Crippen LogP contribution in [0.4, 0.5) is 4.79 Å². The molecule has 1 aromatic rings. The van der Waals surface area contributed by atoms with Crippen LogP contribution in [0.25, 0.3) is 6.08 Å². The molecule has 1 rings (SSSR count). The predicted octanol–water partition coefficient (Wildman–Crippen LogP) is 2.46. The number of thiophene rings is 1. The van der Waals surface area contributed by atoms with Crippen LogP contribution in [0.15, 0.2) is 23.6 Å². The first-order valence-electron chi connectivity index (χ1n) is 3.35. The maximum atomic E-state index is 9.91. The van der Waals surface area contributed by atoms with Gasteiger partial charge >= 0.3 is 6.16 Å². The van der Waals surface area contributed by atoms with E-state index in [0.717, 1.165) is 4.88 Å². The van der Waals surface area contributed by atoms with E-state index in [9.17, 15) is 4.79 Å². The van der Waals surface area contributed by atoms with Crippen molar-refractivity contribution in [3.8, 4) is 0 Å². The molecule has 64 valence electrons. The molecule has 0 atom stereocenters. The Morgan fingerprint density at radius 3 is 3.17 bits per heavy atom. The van der Waals surface area contributed by atoms with Gasteiger partial charge in [0.2, 0.25) is 0 Å². The third kappa shape index (κ3) is 3.21. The lowest BCUT2D eigenvalue weighted by Gasteiger charge is -1.91. The second kappa shape index (κ2) is 4.56. The summed E-state index contributed by atoms with van der Waals surface area (Å²) in [5, 5.41) is 10.1. The van der Waals surface area contributed by atoms with Gasteiger partial charge in [0.15, 0.2) is 0 Å². The number of carboxylic acid groups (broad SMARTS) is 1. The molecule has 0 spiro atoms. The van der Waals surface area contributed by atoms with Crippen molar-refractivity contribution in [2.24, 2.45) is 0 Å². The molecule has 0 saturated heterocycles. The zero-order chi connectivity index (χ0) is 8.81. The highest BCUT2D eigenvalue weighted by Gasteiger charge is 1.90. The van der Waals surface area contributed by atoms with E-state index in [0.29, 0.717) is 0 Å². The summed E-state index contributed by atoms with van der Waals surface area (Å²) < 4.78 is 4.27. The molecule has 1 heterocycles. The van der Waals surface area contributed by atoms with Crippen LogP contribution < -0.4 is 0 Å². The summed E-state index contributed by atoms with van der Waals surface area (Å²) >= 11 is 1.59. The second-order valence-corrected chi connectivity index (χ2v) is 2.97. The third-order valence-electron chi connectivity index (χ3n) is 1.13. The molecule has 4 heteroatoms. The fraction of sp³-hybridized carbons (Fsp3) is 0.125. The fourth-order valence-corrected chi connectivity index (χ4v) is 1.32. The summed E-state index contributed by atoms with van der Waals surface area (Å²) in [5.74, 6) is 0. The van der Waals surface area contributed by atoms with Crippen LogP contribution >= 0.6 is 11.3 Å². The van der Waals surface area contributed by atoms with E-state index in [1.54, 1.807) is 17.4 Å². The molecule has 0 radical (unpaired) electrons. The van der Waals surface area contributed by atoms with Crippen molar-refractivity contribution in [2.45, 2.75) is 0 Å². The van der Waals surface area contributed by atoms with Crippen LogP contribution in [0.5, 0.6) is 0 Å². The minimum absolute atomic E-state index is 0.104. The number of hydrogen-bond donors (Lipinski definition) is 1. The number of hydrogen-bond acceptors (Lipinski definition) is 3. The van der Waals surface area contributed by atoms with Gasteiger partial charge in [0.05, 0.1) is 0 Å². The number of ether oxygens (including phenoxy) is 1. The predicted molar refractivity (Wildman–Crippen MR) is 47.3 cm³/mol. The Morgan fingerprint density at radius 2 is 2.58 bits per heavy atom. The molecule has 12 heavy (non-hydrogen) atoms. The lowest BCUT2D eigenvalue weighted by Crippen LogP contribution is -1.98. The van der Waals surface area contributed by atoms with Gasteiger partial charge in [0, 0.05) is 4.88 Å². The Hall–Kier alpha value is -1.29. The first-order valence-corrected chi connectivity index (χ1v) is 4.23.